The first-order valence-corrected chi connectivity index (χ1v) is 3.89. The minimum absolute atomic E-state index is 0.668. The predicted octanol–water partition coefficient (Wildman–Crippen LogP) is 0.0638. The molecule has 56 valence electrons. The molecule has 0 amide bonds. The highest BCUT2D eigenvalue weighted by Crippen LogP contribution is 2.09. The standard InChI is InChI=1S/C5H10N4S/c1-2-4-5(3-7-6)10-9-8-4/h7H,2-3,6H2,1H3. The van der Waals surface area contributed by atoms with Crippen molar-refractivity contribution in [1.82, 2.24) is 15.0 Å². The van der Waals surface area contributed by atoms with E-state index in [2.05, 4.69) is 21.9 Å². The second-order valence-corrected chi connectivity index (χ2v) is 2.72. The van der Waals surface area contributed by atoms with Crippen molar-refractivity contribution in [3.8, 4) is 0 Å². The van der Waals surface area contributed by atoms with Crippen molar-refractivity contribution >= 4 is 11.5 Å². The van der Waals surface area contributed by atoms with Crippen LogP contribution in [-0.2, 0) is 13.0 Å². The molecule has 1 aromatic rings. The van der Waals surface area contributed by atoms with Crippen LogP contribution in [0.5, 0.6) is 0 Å². The van der Waals surface area contributed by atoms with Crippen LogP contribution in [-0.4, -0.2) is 9.59 Å². The number of nitrogens with two attached hydrogens (primary N) is 1. The number of hydrogen-bond donors (Lipinski definition) is 2. The van der Waals surface area contributed by atoms with Crippen LogP contribution in [0.4, 0.5) is 0 Å². The lowest BCUT2D eigenvalue weighted by molar-refractivity contribution is 0.741. The topological polar surface area (TPSA) is 63.8 Å². The maximum atomic E-state index is 5.14. The Bertz CT molecular complexity index is 197. The highest BCUT2D eigenvalue weighted by Gasteiger charge is 2.02. The number of nitrogens with one attached hydrogen (secondary N) is 1. The zero-order chi connectivity index (χ0) is 7.40. The van der Waals surface area contributed by atoms with Gasteiger partial charge in [-0.3, -0.25) is 11.3 Å². The second kappa shape index (κ2) is 3.60. The van der Waals surface area contributed by atoms with Crippen molar-refractivity contribution in [3.05, 3.63) is 10.6 Å². The van der Waals surface area contributed by atoms with E-state index in [-0.39, 0.29) is 0 Å². The molecule has 1 aromatic heterocycles. The number of aromatic nitrogens is 2. The highest BCUT2D eigenvalue weighted by molar-refractivity contribution is 7.05. The van der Waals surface area contributed by atoms with Crippen molar-refractivity contribution in [1.29, 1.82) is 0 Å². The van der Waals surface area contributed by atoms with Gasteiger partial charge in [0.25, 0.3) is 0 Å². The van der Waals surface area contributed by atoms with Crippen LogP contribution in [0.15, 0.2) is 0 Å². The average Bonchev–Trinajstić information content (AvgIpc) is 2.36. The minimum atomic E-state index is 0.668. The summed E-state index contributed by atoms with van der Waals surface area (Å²) in [6, 6.07) is 0. The fourth-order valence-electron chi connectivity index (χ4n) is 0.722. The molecule has 1 rings (SSSR count). The SMILES string of the molecule is CCc1nnsc1CNN. The zero-order valence-electron chi connectivity index (χ0n) is 5.79. The van der Waals surface area contributed by atoms with E-state index in [0.29, 0.717) is 6.54 Å². The van der Waals surface area contributed by atoms with Crippen LogP contribution in [0.2, 0.25) is 0 Å². The van der Waals surface area contributed by atoms with Gasteiger partial charge in [0.2, 0.25) is 0 Å². The molecule has 0 atom stereocenters. The van der Waals surface area contributed by atoms with E-state index in [0.717, 1.165) is 17.0 Å². The molecule has 3 N–H and O–H groups in total. The lowest BCUT2D eigenvalue weighted by Gasteiger charge is -1.94. The Morgan fingerprint density at radius 1 is 1.70 bits per heavy atom. The molecule has 0 bridgehead atoms. The third kappa shape index (κ3) is 1.50. The maximum absolute atomic E-state index is 5.14. The molecule has 4 nitrogen and oxygen atoms in total. The number of rotatable bonds is 3. The highest BCUT2D eigenvalue weighted by atomic mass is 32.1. The van der Waals surface area contributed by atoms with E-state index in [4.69, 9.17) is 5.84 Å². The van der Waals surface area contributed by atoms with Gasteiger partial charge in [-0.2, -0.15) is 0 Å². The van der Waals surface area contributed by atoms with Gasteiger partial charge < -0.3 is 0 Å². The minimum Gasteiger partial charge on any atom is -0.271 e. The van der Waals surface area contributed by atoms with Crippen LogP contribution in [0.3, 0.4) is 0 Å². The quantitative estimate of drug-likeness (QED) is 0.482. The molecule has 5 heteroatoms. The summed E-state index contributed by atoms with van der Waals surface area (Å²) in [6.07, 6.45) is 0.924. The fraction of sp³-hybridized carbons (Fsp3) is 0.600. The zero-order valence-corrected chi connectivity index (χ0v) is 6.61. The molecule has 1 heterocycles. The summed E-state index contributed by atoms with van der Waals surface area (Å²) in [5, 5.41) is 3.93. The Kier molecular flexibility index (Phi) is 2.73. The number of hydrazine groups is 1. The average molecular weight is 158 g/mol. The first kappa shape index (κ1) is 7.59. The van der Waals surface area contributed by atoms with Gasteiger partial charge in [0.05, 0.1) is 10.6 Å². The van der Waals surface area contributed by atoms with Gasteiger partial charge in [0.1, 0.15) is 0 Å². The molecule has 0 unspecified atom stereocenters. The van der Waals surface area contributed by atoms with Crippen molar-refractivity contribution in [3.63, 3.8) is 0 Å². The monoisotopic (exact) mass is 158 g/mol. The third-order valence-electron chi connectivity index (χ3n) is 1.23. The summed E-state index contributed by atoms with van der Waals surface area (Å²) >= 11 is 1.40. The van der Waals surface area contributed by atoms with Gasteiger partial charge in [-0.05, 0) is 18.0 Å². The number of aryl methyl sites for hydroxylation is 1. The second-order valence-electron chi connectivity index (χ2n) is 1.88. The van der Waals surface area contributed by atoms with E-state index >= 15 is 0 Å². The molecule has 0 aliphatic heterocycles. The summed E-state index contributed by atoms with van der Waals surface area (Å²) in [6.45, 7) is 2.72. The number of nitrogens with zero attached hydrogens (tertiary/aromatic N) is 2. The molecule has 0 aliphatic rings. The normalized spacial score (nSPS) is 10.2. The first-order chi connectivity index (χ1) is 4.88. The first-order valence-electron chi connectivity index (χ1n) is 3.12. The molecule has 0 saturated heterocycles. The summed E-state index contributed by atoms with van der Waals surface area (Å²) in [4.78, 5) is 1.13. The molecular weight excluding hydrogens is 148 g/mol. The smallest absolute Gasteiger partial charge is 0.0798 e. The van der Waals surface area contributed by atoms with Crippen LogP contribution in [0, 0.1) is 0 Å². The van der Waals surface area contributed by atoms with Crippen molar-refractivity contribution < 1.29 is 0 Å². The molecule has 0 aromatic carbocycles. The Labute approximate surface area is 63.6 Å². The van der Waals surface area contributed by atoms with E-state index in [1.165, 1.54) is 11.5 Å². The Morgan fingerprint density at radius 2 is 2.50 bits per heavy atom. The molecule has 0 radical (unpaired) electrons. The van der Waals surface area contributed by atoms with E-state index in [1.54, 1.807) is 0 Å². The van der Waals surface area contributed by atoms with Crippen LogP contribution >= 0.6 is 11.5 Å². The molecule has 0 spiro atoms. The van der Waals surface area contributed by atoms with Crippen molar-refractivity contribution in [2.75, 3.05) is 0 Å². The molecule has 0 aliphatic carbocycles. The van der Waals surface area contributed by atoms with E-state index < -0.39 is 0 Å². The number of hydrogen-bond acceptors (Lipinski definition) is 5. The fourth-order valence-corrected chi connectivity index (χ4v) is 1.40. The van der Waals surface area contributed by atoms with Gasteiger partial charge in [0.15, 0.2) is 0 Å². The largest absolute Gasteiger partial charge is 0.271 e. The Morgan fingerprint density at radius 3 is 3.10 bits per heavy atom. The third-order valence-corrected chi connectivity index (χ3v) is 2.00. The van der Waals surface area contributed by atoms with Gasteiger partial charge in [-0.15, -0.1) is 5.10 Å². The van der Waals surface area contributed by atoms with Crippen LogP contribution in [0.1, 0.15) is 17.5 Å². The van der Waals surface area contributed by atoms with Gasteiger partial charge in [-0.25, -0.2) is 0 Å². The van der Waals surface area contributed by atoms with Crippen LogP contribution in [0.25, 0.3) is 0 Å². The van der Waals surface area contributed by atoms with Crippen molar-refractivity contribution in [2.24, 2.45) is 5.84 Å². The molecule has 10 heavy (non-hydrogen) atoms. The molecule has 0 fully saturated rings. The maximum Gasteiger partial charge on any atom is 0.0798 e. The van der Waals surface area contributed by atoms with Crippen molar-refractivity contribution in [2.45, 2.75) is 19.9 Å². The van der Waals surface area contributed by atoms with Gasteiger partial charge in [-0.1, -0.05) is 11.4 Å². The van der Waals surface area contributed by atoms with E-state index in [9.17, 15) is 0 Å². The lowest BCUT2D eigenvalue weighted by atomic mass is 10.3. The molecular formula is C5H10N4S. The van der Waals surface area contributed by atoms with Gasteiger partial charge in [0, 0.05) is 6.54 Å². The predicted molar refractivity (Wildman–Crippen MR) is 40.3 cm³/mol. The van der Waals surface area contributed by atoms with Crippen LogP contribution < -0.4 is 11.3 Å². The summed E-state index contributed by atoms with van der Waals surface area (Å²) in [5.41, 5.74) is 3.62. The van der Waals surface area contributed by atoms with Gasteiger partial charge >= 0.3 is 0 Å². The Hall–Kier alpha value is -0.520. The lowest BCUT2D eigenvalue weighted by Crippen LogP contribution is -2.20. The summed E-state index contributed by atoms with van der Waals surface area (Å²) in [5.74, 6) is 5.14. The molecule has 0 saturated carbocycles. The Balaban J connectivity index is 2.70. The summed E-state index contributed by atoms with van der Waals surface area (Å²) in [7, 11) is 0. The summed E-state index contributed by atoms with van der Waals surface area (Å²) < 4.78 is 3.81. The van der Waals surface area contributed by atoms with E-state index in [1.807, 2.05) is 0 Å².